The minimum Gasteiger partial charge on any atom is -0.271 e. The van der Waals surface area contributed by atoms with E-state index in [2.05, 4.69) is 11.7 Å². The standard InChI is InChI=1S/C8H9N3/c1-2-3-4-11-7-8(5-9)6-10-11/h2,6-7H,1,3-4H2. The fourth-order valence-electron chi connectivity index (χ4n) is 0.767. The Bertz CT molecular complexity index is 280. The first-order valence-corrected chi connectivity index (χ1v) is 3.40. The van der Waals surface area contributed by atoms with Gasteiger partial charge in [0.05, 0.1) is 11.8 Å². The lowest BCUT2D eigenvalue weighted by atomic mass is 10.4. The summed E-state index contributed by atoms with van der Waals surface area (Å²) >= 11 is 0. The van der Waals surface area contributed by atoms with Gasteiger partial charge in [-0.1, -0.05) is 6.08 Å². The minimum atomic E-state index is 0.606. The average Bonchev–Trinajstić information content (AvgIpc) is 2.48. The lowest BCUT2D eigenvalue weighted by Gasteiger charge is -1.94. The predicted molar refractivity (Wildman–Crippen MR) is 41.8 cm³/mol. The molecule has 3 nitrogen and oxygen atoms in total. The molecule has 0 aliphatic carbocycles. The summed E-state index contributed by atoms with van der Waals surface area (Å²) in [5, 5.41) is 12.4. The molecule has 0 N–H and O–H groups in total. The zero-order valence-electron chi connectivity index (χ0n) is 6.20. The van der Waals surface area contributed by atoms with E-state index >= 15 is 0 Å². The maximum absolute atomic E-state index is 8.45. The van der Waals surface area contributed by atoms with E-state index in [1.165, 1.54) is 0 Å². The van der Waals surface area contributed by atoms with Gasteiger partial charge in [-0.25, -0.2) is 0 Å². The van der Waals surface area contributed by atoms with Crippen LogP contribution in [0, 0.1) is 11.3 Å². The molecular formula is C8H9N3. The van der Waals surface area contributed by atoms with Crippen molar-refractivity contribution >= 4 is 0 Å². The minimum absolute atomic E-state index is 0.606. The Morgan fingerprint density at radius 1 is 1.82 bits per heavy atom. The zero-order chi connectivity index (χ0) is 8.10. The Hall–Kier alpha value is -1.56. The highest BCUT2D eigenvalue weighted by Gasteiger charge is 1.93. The van der Waals surface area contributed by atoms with Crippen LogP contribution in [0.2, 0.25) is 0 Å². The van der Waals surface area contributed by atoms with Crippen LogP contribution in [-0.4, -0.2) is 9.78 Å². The summed E-state index contributed by atoms with van der Waals surface area (Å²) in [4.78, 5) is 0. The van der Waals surface area contributed by atoms with Crippen molar-refractivity contribution in [2.45, 2.75) is 13.0 Å². The van der Waals surface area contributed by atoms with Crippen LogP contribution in [-0.2, 0) is 6.54 Å². The highest BCUT2D eigenvalue weighted by molar-refractivity contribution is 5.21. The van der Waals surface area contributed by atoms with Crippen LogP contribution >= 0.6 is 0 Å². The first-order valence-electron chi connectivity index (χ1n) is 3.40. The monoisotopic (exact) mass is 147 g/mol. The lowest BCUT2D eigenvalue weighted by molar-refractivity contribution is 0.624. The molecule has 0 aromatic carbocycles. The number of rotatable bonds is 3. The Balaban J connectivity index is 2.59. The molecule has 0 aliphatic rings. The molecule has 3 heteroatoms. The van der Waals surface area contributed by atoms with E-state index in [1.54, 1.807) is 17.1 Å². The number of nitrogens with zero attached hydrogens (tertiary/aromatic N) is 3. The highest BCUT2D eigenvalue weighted by Crippen LogP contribution is 1.95. The number of allylic oxidation sites excluding steroid dienone is 1. The van der Waals surface area contributed by atoms with Crippen molar-refractivity contribution in [3.05, 3.63) is 30.6 Å². The molecule has 0 atom stereocenters. The van der Waals surface area contributed by atoms with Crippen LogP contribution in [0.4, 0.5) is 0 Å². The van der Waals surface area contributed by atoms with E-state index in [0.717, 1.165) is 13.0 Å². The third-order valence-corrected chi connectivity index (χ3v) is 1.32. The van der Waals surface area contributed by atoms with Crippen molar-refractivity contribution in [3.63, 3.8) is 0 Å². The van der Waals surface area contributed by atoms with E-state index in [0.29, 0.717) is 5.56 Å². The second kappa shape index (κ2) is 3.57. The predicted octanol–water partition coefficient (Wildman–Crippen LogP) is 1.33. The van der Waals surface area contributed by atoms with Crippen LogP contribution in [0.5, 0.6) is 0 Å². The second-order valence-electron chi connectivity index (χ2n) is 2.18. The molecule has 0 saturated carbocycles. The third-order valence-electron chi connectivity index (χ3n) is 1.32. The van der Waals surface area contributed by atoms with Gasteiger partial charge in [-0.15, -0.1) is 6.58 Å². The quantitative estimate of drug-likeness (QED) is 0.605. The Morgan fingerprint density at radius 2 is 2.64 bits per heavy atom. The SMILES string of the molecule is C=CCCn1cc(C#N)cn1. The van der Waals surface area contributed by atoms with Crippen LogP contribution in [0.25, 0.3) is 0 Å². The summed E-state index contributed by atoms with van der Waals surface area (Å²) in [5.74, 6) is 0. The number of hydrogen-bond donors (Lipinski definition) is 0. The van der Waals surface area contributed by atoms with E-state index in [1.807, 2.05) is 12.1 Å². The van der Waals surface area contributed by atoms with Crippen molar-refractivity contribution in [2.75, 3.05) is 0 Å². The van der Waals surface area contributed by atoms with Gasteiger partial charge in [-0.2, -0.15) is 10.4 Å². The number of nitriles is 1. The van der Waals surface area contributed by atoms with Crippen LogP contribution < -0.4 is 0 Å². The maximum Gasteiger partial charge on any atom is 0.102 e. The van der Waals surface area contributed by atoms with Gasteiger partial charge < -0.3 is 0 Å². The van der Waals surface area contributed by atoms with Crippen molar-refractivity contribution in [1.82, 2.24) is 9.78 Å². The Labute approximate surface area is 65.6 Å². The first-order chi connectivity index (χ1) is 5.36. The summed E-state index contributed by atoms with van der Waals surface area (Å²) in [6.07, 6.45) is 5.99. The van der Waals surface area contributed by atoms with Crippen LogP contribution in [0.15, 0.2) is 25.0 Å². The van der Waals surface area contributed by atoms with Crippen LogP contribution in [0.3, 0.4) is 0 Å². The number of hydrogen-bond acceptors (Lipinski definition) is 2. The molecule has 1 aromatic heterocycles. The molecule has 0 radical (unpaired) electrons. The van der Waals surface area contributed by atoms with Gasteiger partial charge in [-0.05, 0) is 6.42 Å². The first kappa shape index (κ1) is 7.55. The van der Waals surface area contributed by atoms with Crippen LogP contribution in [0.1, 0.15) is 12.0 Å². The molecule has 56 valence electrons. The van der Waals surface area contributed by atoms with E-state index in [9.17, 15) is 0 Å². The topological polar surface area (TPSA) is 41.6 Å². The lowest BCUT2D eigenvalue weighted by Crippen LogP contribution is -1.95. The van der Waals surface area contributed by atoms with Gasteiger partial charge in [0.1, 0.15) is 6.07 Å². The molecule has 11 heavy (non-hydrogen) atoms. The molecule has 0 fully saturated rings. The van der Waals surface area contributed by atoms with Gasteiger partial charge >= 0.3 is 0 Å². The Kier molecular flexibility index (Phi) is 2.45. The van der Waals surface area contributed by atoms with E-state index in [-0.39, 0.29) is 0 Å². The molecule has 1 heterocycles. The summed E-state index contributed by atoms with van der Waals surface area (Å²) < 4.78 is 1.74. The normalized spacial score (nSPS) is 9.00. The summed E-state index contributed by atoms with van der Waals surface area (Å²) in [7, 11) is 0. The Morgan fingerprint density at radius 3 is 3.18 bits per heavy atom. The van der Waals surface area contributed by atoms with E-state index < -0.39 is 0 Å². The second-order valence-corrected chi connectivity index (χ2v) is 2.18. The highest BCUT2D eigenvalue weighted by atomic mass is 15.3. The van der Waals surface area contributed by atoms with Gasteiger partial charge in [0.15, 0.2) is 0 Å². The summed E-state index contributed by atoms with van der Waals surface area (Å²) in [6, 6.07) is 2.01. The van der Waals surface area contributed by atoms with Gasteiger partial charge in [0.25, 0.3) is 0 Å². The van der Waals surface area contributed by atoms with Crippen molar-refractivity contribution < 1.29 is 0 Å². The summed E-state index contributed by atoms with van der Waals surface area (Å²) in [5.41, 5.74) is 0.606. The molecule has 0 aliphatic heterocycles. The fourth-order valence-corrected chi connectivity index (χ4v) is 0.767. The summed E-state index contributed by atoms with van der Waals surface area (Å²) in [6.45, 7) is 4.39. The smallest absolute Gasteiger partial charge is 0.102 e. The van der Waals surface area contributed by atoms with Gasteiger partial charge in [0, 0.05) is 12.7 Å². The van der Waals surface area contributed by atoms with E-state index in [4.69, 9.17) is 5.26 Å². The van der Waals surface area contributed by atoms with Gasteiger partial charge in [0.2, 0.25) is 0 Å². The van der Waals surface area contributed by atoms with Crippen molar-refractivity contribution in [3.8, 4) is 6.07 Å². The molecule has 0 saturated heterocycles. The number of aryl methyl sites for hydroxylation is 1. The fraction of sp³-hybridized carbons (Fsp3) is 0.250. The largest absolute Gasteiger partial charge is 0.271 e. The van der Waals surface area contributed by atoms with Crippen molar-refractivity contribution in [1.29, 1.82) is 5.26 Å². The molecule has 1 rings (SSSR count). The molecule has 0 unspecified atom stereocenters. The van der Waals surface area contributed by atoms with Crippen molar-refractivity contribution in [2.24, 2.45) is 0 Å². The molecule has 0 spiro atoms. The average molecular weight is 147 g/mol. The van der Waals surface area contributed by atoms with Gasteiger partial charge in [-0.3, -0.25) is 4.68 Å². The molecule has 0 bridgehead atoms. The molecule has 1 aromatic rings. The molecule has 0 amide bonds. The molecular weight excluding hydrogens is 138 g/mol. The number of aromatic nitrogens is 2. The maximum atomic E-state index is 8.45. The third kappa shape index (κ3) is 1.94. The zero-order valence-corrected chi connectivity index (χ0v) is 6.20.